The van der Waals surface area contributed by atoms with Crippen LogP contribution >= 0.6 is 0 Å². The fourth-order valence-corrected chi connectivity index (χ4v) is 3.36. The topological polar surface area (TPSA) is 85.0 Å². The molecule has 7 nitrogen and oxygen atoms in total. The van der Waals surface area contributed by atoms with E-state index in [9.17, 15) is 8.78 Å². The normalized spacial score (nSPS) is 14.4. The molecule has 1 aliphatic heterocycles. The molecule has 0 saturated carbocycles. The van der Waals surface area contributed by atoms with Gasteiger partial charge in [-0.05, 0) is 60.2 Å². The van der Waals surface area contributed by atoms with Gasteiger partial charge in [0.15, 0.2) is 5.82 Å². The lowest BCUT2D eigenvalue weighted by Gasteiger charge is -2.22. The van der Waals surface area contributed by atoms with Gasteiger partial charge in [0.2, 0.25) is 12.2 Å². The lowest BCUT2D eigenvalue weighted by Crippen LogP contribution is -2.20. The van der Waals surface area contributed by atoms with E-state index >= 15 is 0 Å². The molecule has 0 spiro atoms. The summed E-state index contributed by atoms with van der Waals surface area (Å²) in [6.07, 6.45) is 0.905. The molecule has 2 N–H and O–H groups in total. The number of imidazole rings is 1. The first-order chi connectivity index (χ1) is 16.0. The van der Waals surface area contributed by atoms with E-state index in [2.05, 4.69) is 31.8 Å². The van der Waals surface area contributed by atoms with Gasteiger partial charge in [-0.3, -0.25) is 0 Å². The van der Waals surface area contributed by atoms with Gasteiger partial charge in [0.25, 0.3) is 0 Å². The first-order valence-corrected chi connectivity index (χ1v) is 10.2. The molecule has 1 fully saturated rings. The SMILES string of the molecule is C=C1COC(c2nc(-c3ccc(F)cc3)c(-c3ccnc(Nc4ccc(F)cc4)n3)[nH]2)OC1. The molecule has 9 heteroatoms. The molecule has 0 aliphatic carbocycles. The van der Waals surface area contributed by atoms with Crippen LogP contribution in [-0.2, 0) is 9.47 Å². The Balaban J connectivity index is 1.52. The summed E-state index contributed by atoms with van der Waals surface area (Å²) in [4.78, 5) is 16.7. The van der Waals surface area contributed by atoms with Gasteiger partial charge in [-0.25, -0.2) is 23.7 Å². The Kier molecular flexibility index (Phi) is 5.64. The van der Waals surface area contributed by atoms with Crippen LogP contribution in [0.2, 0.25) is 0 Å². The maximum absolute atomic E-state index is 13.5. The lowest BCUT2D eigenvalue weighted by atomic mass is 10.1. The van der Waals surface area contributed by atoms with Crippen molar-refractivity contribution in [2.45, 2.75) is 6.29 Å². The van der Waals surface area contributed by atoms with Gasteiger partial charge < -0.3 is 19.8 Å². The molecule has 0 amide bonds. The highest BCUT2D eigenvalue weighted by molar-refractivity contribution is 5.77. The Bertz CT molecular complexity index is 1280. The van der Waals surface area contributed by atoms with Crippen molar-refractivity contribution in [3.63, 3.8) is 0 Å². The smallest absolute Gasteiger partial charge is 0.227 e. The maximum Gasteiger partial charge on any atom is 0.227 e. The standard InChI is InChI=1S/C24H19F2N5O2/c1-14-12-32-23(33-13-14)22-30-20(15-2-4-16(25)5-3-15)21(31-22)19-10-11-27-24(29-19)28-18-8-6-17(26)7-9-18/h2-11,23H,1,12-13H2,(H,30,31)(H,27,28,29). The van der Waals surface area contributed by atoms with Crippen LogP contribution in [0.15, 0.2) is 72.9 Å². The first-order valence-electron chi connectivity index (χ1n) is 10.2. The lowest BCUT2D eigenvalue weighted by molar-refractivity contribution is -0.165. The molecule has 0 bridgehead atoms. The minimum absolute atomic E-state index is 0.321. The predicted octanol–water partition coefficient (Wildman–Crippen LogP) is 5.16. The van der Waals surface area contributed by atoms with Gasteiger partial charge in [0.05, 0.1) is 30.3 Å². The number of hydrogen-bond donors (Lipinski definition) is 2. The first kappa shape index (κ1) is 20.9. The number of aromatic nitrogens is 4. The number of aromatic amines is 1. The van der Waals surface area contributed by atoms with Gasteiger partial charge in [0.1, 0.15) is 11.6 Å². The molecular formula is C24H19F2N5O2. The zero-order chi connectivity index (χ0) is 22.8. The van der Waals surface area contributed by atoms with E-state index < -0.39 is 6.29 Å². The molecular weight excluding hydrogens is 428 g/mol. The van der Waals surface area contributed by atoms with Crippen molar-refractivity contribution < 1.29 is 18.3 Å². The fourth-order valence-electron chi connectivity index (χ4n) is 3.36. The van der Waals surface area contributed by atoms with Crippen molar-refractivity contribution in [3.05, 3.63) is 90.4 Å². The molecule has 0 atom stereocenters. The quantitative estimate of drug-likeness (QED) is 0.411. The number of hydrogen-bond acceptors (Lipinski definition) is 6. The second-order valence-electron chi connectivity index (χ2n) is 7.45. The van der Waals surface area contributed by atoms with Crippen LogP contribution in [0.1, 0.15) is 12.1 Å². The van der Waals surface area contributed by atoms with Gasteiger partial charge in [-0.15, -0.1) is 0 Å². The van der Waals surface area contributed by atoms with Gasteiger partial charge in [-0.2, -0.15) is 0 Å². The van der Waals surface area contributed by atoms with Gasteiger partial charge >= 0.3 is 0 Å². The Labute approximate surface area is 188 Å². The number of benzene rings is 2. The van der Waals surface area contributed by atoms with E-state index in [1.54, 1.807) is 36.5 Å². The summed E-state index contributed by atoms with van der Waals surface area (Å²) in [6, 6.07) is 13.6. The Morgan fingerprint density at radius 2 is 1.58 bits per heavy atom. The maximum atomic E-state index is 13.5. The molecule has 1 saturated heterocycles. The van der Waals surface area contributed by atoms with E-state index in [0.717, 1.165) is 5.57 Å². The summed E-state index contributed by atoms with van der Waals surface area (Å²) in [5, 5.41) is 3.05. The van der Waals surface area contributed by atoms with E-state index in [1.165, 1.54) is 24.3 Å². The fraction of sp³-hybridized carbons (Fsp3) is 0.125. The average molecular weight is 447 g/mol. The summed E-state index contributed by atoms with van der Waals surface area (Å²) >= 11 is 0. The number of anilines is 2. The molecule has 0 unspecified atom stereocenters. The molecule has 33 heavy (non-hydrogen) atoms. The molecule has 0 radical (unpaired) electrons. The van der Waals surface area contributed by atoms with Crippen LogP contribution in [-0.4, -0.2) is 33.1 Å². The van der Waals surface area contributed by atoms with Crippen LogP contribution in [0.3, 0.4) is 0 Å². The van der Waals surface area contributed by atoms with Crippen molar-refractivity contribution in [1.29, 1.82) is 0 Å². The van der Waals surface area contributed by atoms with E-state index in [1.807, 2.05) is 0 Å². The number of nitrogens with one attached hydrogen (secondary N) is 2. The largest absolute Gasteiger partial charge is 0.341 e. The van der Waals surface area contributed by atoms with E-state index in [0.29, 0.717) is 53.3 Å². The predicted molar refractivity (Wildman–Crippen MR) is 118 cm³/mol. The molecule has 5 rings (SSSR count). The van der Waals surface area contributed by atoms with Crippen LogP contribution in [0, 0.1) is 11.6 Å². The van der Waals surface area contributed by atoms with Gasteiger partial charge in [0, 0.05) is 17.4 Å². The molecule has 166 valence electrons. The Hall–Kier alpha value is -3.95. The number of H-pyrrole nitrogens is 1. The average Bonchev–Trinajstić information content (AvgIpc) is 3.27. The Morgan fingerprint density at radius 1 is 0.909 bits per heavy atom. The Morgan fingerprint density at radius 3 is 2.27 bits per heavy atom. The van der Waals surface area contributed by atoms with Gasteiger partial charge in [-0.1, -0.05) is 6.58 Å². The second-order valence-corrected chi connectivity index (χ2v) is 7.45. The van der Waals surface area contributed by atoms with Crippen LogP contribution in [0.25, 0.3) is 22.6 Å². The van der Waals surface area contributed by atoms with Crippen molar-refractivity contribution >= 4 is 11.6 Å². The highest BCUT2D eigenvalue weighted by atomic mass is 19.1. The summed E-state index contributed by atoms with van der Waals surface area (Å²) in [7, 11) is 0. The van der Waals surface area contributed by atoms with Crippen molar-refractivity contribution in [2.75, 3.05) is 18.5 Å². The minimum atomic E-state index is -0.693. The third-order valence-electron chi connectivity index (χ3n) is 4.95. The summed E-state index contributed by atoms with van der Waals surface area (Å²) < 4.78 is 38.1. The van der Waals surface area contributed by atoms with Crippen molar-refractivity contribution in [1.82, 2.24) is 19.9 Å². The summed E-state index contributed by atoms with van der Waals surface area (Å²) in [5.41, 5.74) is 3.88. The van der Waals surface area contributed by atoms with Crippen LogP contribution < -0.4 is 5.32 Å². The number of ether oxygens (including phenoxy) is 2. The molecule has 1 aliphatic rings. The highest BCUT2D eigenvalue weighted by Crippen LogP contribution is 2.33. The monoisotopic (exact) mass is 447 g/mol. The number of halogens is 2. The molecule has 3 heterocycles. The molecule has 2 aromatic heterocycles. The second kappa shape index (κ2) is 8.89. The number of nitrogens with zero attached hydrogens (tertiary/aromatic N) is 3. The number of rotatable bonds is 5. The van der Waals surface area contributed by atoms with Crippen LogP contribution in [0.5, 0.6) is 0 Å². The zero-order valence-electron chi connectivity index (χ0n) is 17.4. The zero-order valence-corrected chi connectivity index (χ0v) is 17.4. The van der Waals surface area contributed by atoms with E-state index in [4.69, 9.17) is 9.47 Å². The molecule has 2 aromatic carbocycles. The highest BCUT2D eigenvalue weighted by Gasteiger charge is 2.25. The summed E-state index contributed by atoms with van der Waals surface area (Å²) in [5.74, 6) is 0.103. The minimum Gasteiger partial charge on any atom is -0.341 e. The van der Waals surface area contributed by atoms with Crippen molar-refractivity contribution in [3.8, 4) is 22.6 Å². The van der Waals surface area contributed by atoms with Crippen LogP contribution in [0.4, 0.5) is 20.4 Å². The molecule has 4 aromatic rings. The third kappa shape index (κ3) is 4.64. The van der Waals surface area contributed by atoms with Crippen molar-refractivity contribution in [2.24, 2.45) is 0 Å². The van der Waals surface area contributed by atoms with E-state index in [-0.39, 0.29) is 11.6 Å². The summed E-state index contributed by atoms with van der Waals surface area (Å²) in [6.45, 7) is 4.59. The third-order valence-corrected chi connectivity index (χ3v) is 4.95.